The fourth-order valence-corrected chi connectivity index (χ4v) is 3.51. The number of ether oxygens (including phenoxy) is 1. The summed E-state index contributed by atoms with van der Waals surface area (Å²) in [5.41, 5.74) is 2.34. The van der Waals surface area contributed by atoms with Crippen LogP contribution in [-0.4, -0.2) is 26.4 Å². The number of alkyl halides is 1. The van der Waals surface area contributed by atoms with Crippen molar-refractivity contribution in [3.63, 3.8) is 0 Å². The summed E-state index contributed by atoms with van der Waals surface area (Å²) >= 11 is 0. The second-order valence-corrected chi connectivity index (χ2v) is 6.22. The van der Waals surface area contributed by atoms with Gasteiger partial charge in [0, 0.05) is 5.92 Å². The van der Waals surface area contributed by atoms with Gasteiger partial charge in [-0.25, -0.2) is 8.78 Å². The van der Waals surface area contributed by atoms with Gasteiger partial charge in [0.2, 0.25) is 0 Å². The molecule has 1 saturated heterocycles. The van der Waals surface area contributed by atoms with Crippen LogP contribution in [0, 0.1) is 11.7 Å². The van der Waals surface area contributed by atoms with Crippen molar-refractivity contribution < 1.29 is 13.5 Å². The quantitative estimate of drug-likeness (QED) is 0.852. The highest BCUT2D eigenvalue weighted by Crippen LogP contribution is 2.37. The summed E-state index contributed by atoms with van der Waals surface area (Å²) in [4.78, 5) is 0. The standard InChI is InChI=1S/C20H23F2NO/c21-11-14-24-19-7-3-16(4-8-19)20(17-9-12-23-13-10-17)15-1-5-18(22)6-2-15/h1-8,17,20,23H,9-14H2. The Morgan fingerprint density at radius 2 is 1.54 bits per heavy atom. The Morgan fingerprint density at radius 3 is 2.12 bits per heavy atom. The Hall–Kier alpha value is -1.94. The lowest BCUT2D eigenvalue weighted by Gasteiger charge is -2.31. The highest BCUT2D eigenvalue weighted by molar-refractivity contribution is 5.37. The fraction of sp³-hybridized carbons (Fsp3) is 0.400. The van der Waals surface area contributed by atoms with Crippen LogP contribution in [0.2, 0.25) is 0 Å². The molecule has 4 heteroatoms. The van der Waals surface area contributed by atoms with Crippen molar-refractivity contribution in [2.75, 3.05) is 26.4 Å². The molecule has 1 N–H and O–H groups in total. The molecule has 1 fully saturated rings. The van der Waals surface area contributed by atoms with Gasteiger partial charge >= 0.3 is 0 Å². The third-order valence-electron chi connectivity index (χ3n) is 4.67. The summed E-state index contributed by atoms with van der Waals surface area (Å²) in [5, 5.41) is 3.40. The van der Waals surface area contributed by atoms with Crippen molar-refractivity contribution in [2.45, 2.75) is 18.8 Å². The summed E-state index contributed by atoms with van der Waals surface area (Å²) < 4.78 is 30.9. The van der Waals surface area contributed by atoms with Gasteiger partial charge in [-0.3, -0.25) is 0 Å². The Kier molecular flexibility index (Phi) is 5.81. The first-order valence-electron chi connectivity index (χ1n) is 8.53. The number of rotatable bonds is 6. The molecule has 128 valence electrons. The lowest BCUT2D eigenvalue weighted by molar-refractivity contribution is 0.273. The minimum absolute atomic E-state index is 0.0784. The van der Waals surface area contributed by atoms with Gasteiger partial charge in [0.05, 0.1) is 0 Å². The van der Waals surface area contributed by atoms with Gasteiger partial charge in [0.1, 0.15) is 24.8 Å². The van der Waals surface area contributed by atoms with Gasteiger partial charge in [0.25, 0.3) is 0 Å². The molecule has 0 bridgehead atoms. The van der Waals surface area contributed by atoms with Crippen molar-refractivity contribution >= 4 is 0 Å². The molecule has 1 aliphatic rings. The van der Waals surface area contributed by atoms with E-state index in [-0.39, 0.29) is 18.3 Å². The molecule has 0 aliphatic carbocycles. The largest absolute Gasteiger partial charge is 0.491 e. The number of benzene rings is 2. The summed E-state index contributed by atoms with van der Waals surface area (Å²) in [7, 11) is 0. The number of nitrogens with one attached hydrogen (secondary N) is 1. The maximum Gasteiger partial charge on any atom is 0.123 e. The molecule has 0 spiro atoms. The number of hydrogen-bond acceptors (Lipinski definition) is 2. The van der Waals surface area contributed by atoms with E-state index in [4.69, 9.17) is 4.74 Å². The van der Waals surface area contributed by atoms with Crippen LogP contribution in [0.15, 0.2) is 48.5 Å². The lowest BCUT2D eigenvalue weighted by Crippen LogP contribution is -2.31. The zero-order chi connectivity index (χ0) is 16.8. The molecule has 0 saturated carbocycles. The number of halogens is 2. The van der Waals surface area contributed by atoms with Crippen molar-refractivity contribution in [3.05, 3.63) is 65.5 Å². The predicted molar refractivity (Wildman–Crippen MR) is 91.7 cm³/mol. The maximum absolute atomic E-state index is 13.3. The van der Waals surface area contributed by atoms with Gasteiger partial charge in [-0.2, -0.15) is 0 Å². The second-order valence-electron chi connectivity index (χ2n) is 6.22. The normalized spacial score (nSPS) is 16.8. The third kappa shape index (κ3) is 4.12. The SMILES string of the molecule is FCCOc1ccc(C(c2ccc(F)cc2)C2CCNCC2)cc1. The van der Waals surface area contributed by atoms with Crippen molar-refractivity contribution in [2.24, 2.45) is 5.92 Å². The van der Waals surface area contributed by atoms with Crippen LogP contribution in [0.3, 0.4) is 0 Å². The van der Waals surface area contributed by atoms with Crippen LogP contribution in [0.4, 0.5) is 8.78 Å². The van der Waals surface area contributed by atoms with E-state index in [1.165, 1.54) is 17.7 Å². The molecule has 1 heterocycles. The third-order valence-corrected chi connectivity index (χ3v) is 4.67. The van der Waals surface area contributed by atoms with Crippen molar-refractivity contribution in [1.82, 2.24) is 5.32 Å². The van der Waals surface area contributed by atoms with E-state index in [0.29, 0.717) is 11.7 Å². The average Bonchev–Trinajstić information content (AvgIpc) is 2.64. The minimum Gasteiger partial charge on any atom is -0.491 e. The van der Waals surface area contributed by atoms with Gasteiger partial charge in [-0.05, 0) is 67.2 Å². The first kappa shape index (κ1) is 16.9. The zero-order valence-corrected chi connectivity index (χ0v) is 13.7. The molecular formula is C20H23F2NO. The summed E-state index contributed by atoms with van der Waals surface area (Å²) in [6.45, 7) is 1.62. The summed E-state index contributed by atoms with van der Waals surface area (Å²) in [5.74, 6) is 1.23. The van der Waals surface area contributed by atoms with Crippen molar-refractivity contribution in [3.8, 4) is 5.75 Å². The minimum atomic E-state index is -0.491. The fourth-order valence-electron chi connectivity index (χ4n) is 3.51. The molecule has 0 aromatic heterocycles. The topological polar surface area (TPSA) is 21.3 Å². The smallest absolute Gasteiger partial charge is 0.123 e. The van der Waals surface area contributed by atoms with Crippen LogP contribution < -0.4 is 10.1 Å². The Morgan fingerprint density at radius 1 is 0.958 bits per heavy atom. The number of hydrogen-bond donors (Lipinski definition) is 1. The number of piperidine rings is 1. The Balaban J connectivity index is 1.87. The van der Waals surface area contributed by atoms with Gasteiger partial charge < -0.3 is 10.1 Å². The Bertz CT molecular complexity index is 621. The lowest BCUT2D eigenvalue weighted by atomic mass is 9.76. The maximum atomic E-state index is 13.3. The van der Waals surface area contributed by atoms with E-state index < -0.39 is 6.67 Å². The molecule has 1 atom stereocenters. The van der Waals surface area contributed by atoms with Crippen molar-refractivity contribution in [1.29, 1.82) is 0 Å². The predicted octanol–water partition coefficient (Wildman–Crippen LogP) is 4.31. The highest BCUT2D eigenvalue weighted by Gasteiger charge is 2.26. The Labute approximate surface area is 141 Å². The van der Waals surface area contributed by atoms with E-state index in [9.17, 15) is 8.78 Å². The van der Waals surface area contributed by atoms with Gasteiger partial charge in [-0.1, -0.05) is 24.3 Å². The second kappa shape index (κ2) is 8.25. The molecular weight excluding hydrogens is 308 g/mol. The molecule has 0 radical (unpaired) electrons. The molecule has 0 amide bonds. The van der Waals surface area contributed by atoms with Crippen LogP contribution in [0.25, 0.3) is 0 Å². The van der Waals surface area contributed by atoms with Crippen LogP contribution in [-0.2, 0) is 0 Å². The molecule has 24 heavy (non-hydrogen) atoms. The molecule has 2 nitrogen and oxygen atoms in total. The molecule has 1 unspecified atom stereocenters. The zero-order valence-electron chi connectivity index (χ0n) is 13.7. The van der Waals surface area contributed by atoms with E-state index in [1.807, 2.05) is 36.4 Å². The first-order chi connectivity index (χ1) is 11.8. The molecule has 2 aromatic carbocycles. The first-order valence-corrected chi connectivity index (χ1v) is 8.53. The van der Waals surface area contributed by atoms with E-state index in [0.717, 1.165) is 31.5 Å². The van der Waals surface area contributed by atoms with Gasteiger partial charge in [-0.15, -0.1) is 0 Å². The summed E-state index contributed by atoms with van der Waals surface area (Å²) in [6, 6.07) is 14.7. The molecule has 3 rings (SSSR count). The summed E-state index contributed by atoms with van der Waals surface area (Å²) in [6.07, 6.45) is 2.20. The molecule has 2 aromatic rings. The monoisotopic (exact) mass is 331 g/mol. The van der Waals surface area contributed by atoms with E-state index in [2.05, 4.69) is 5.32 Å². The van der Waals surface area contributed by atoms with E-state index >= 15 is 0 Å². The van der Waals surface area contributed by atoms with E-state index in [1.54, 1.807) is 0 Å². The van der Waals surface area contributed by atoms with Crippen LogP contribution in [0.1, 0.15) is 29.9 Å². The average molecular weight is 331 g/mol. The van der Waals surface area contributed by atoms with Gasteiger partial charge in [0.15, 0.2) is 0 Å². The molecule has 1 aliphatic heterocycles. The van der Waals surface area contributed by atoms with Crippen LogP contribution >= 0.6 is 0 Å². The highest BCUT2D eigenvalue weighted by atomic mass is 19.1. The van der Waals surface area contributed by atoms with Crippen LogP contribution in [0.5, 0.6) is 5.75 Å².